The summed E-state index contributed by atoms with van der Waals surface area (Å²) in [7, 11) is 1.64. The lowest BCUT2D eigenvalue weighted by Crippen LogP contribution is -2.43. The summed E-state index contributed by atoms with van der Waals surface area (Å²) in [5, 5.41) is 15.0. The van der Waals surface area contributed by atoms with Crippen molar-refractivity contribution in [3.8, 4) is 11.1 Å². The molecule has 0 saturated carbocycles. The number of hydrogen-bond acceptors (Lipinski definition) is 5. The van der Waals surface area contributed by atoms with E-state index in [2.05, 4.69) is 15.6 Å². The predicted molar refractivity (Wildman–Crippen MR) is 143 cm³/mol. The van der Waals surface area contributed by atoms with Gasteiger partial charge in [-0.25, -0.2) is 18.6 Å². The van der Waals surface area contributed by atoms with Crippen molar-refractivity contribution in [3.05, 3.63) is 87.7 Å². The number of carbonyl (C=O) groups is 2. The number of hydrogen-bond donors (Lipinski definition) is 3. The number of aryl methyl sites for hydroxylation is 2. The number of nitrogens with zero attached hydrogens (tertiary/aromatic N) is 3. The summed E-state index contributed by atoms with van der Waals surface area (Å²) < 4.78 is 32.5. The molecule has 0 aliphatic heterocycles. The monoisotopic (exact) mass is 537 g/mol. The Balaban J connectivity index is 1.64. The Hall–Kier alpha value is -4.54. The van der Waals surface area contributed by atoms with E-state index >= 15 is 0 Å². The molecular formula is C28H29F2N5O4. The van der Waals surface area contributed by atoms with Crippen molar-refractivity contribution < 1.29 is 23.5 Å². The molecule has 0 bridgehead atoms. The van der Waals surface area contributed by atoms with Crippen LogP contribution in [0.5, 0.6) is 0 Å². The van der Waals surface area contributed by atoms with E-state index in [0.717, 1.165) is 24.1 Å². The molecule has 1 aromatic carbocycles. The maximum atomic E-state index is 14.7. The summed E-state index contributed by atoms with van der Waals surface area (Å²) in [6.45, 7) is 5.57. The molecule has 0 aliphatic carbocycles. The maximum absolute atomic E-state index is 14.7. The number of aromatic nitrogens is 3. The third kappa shape index (κ3) is 5.52. The Kier molecular flexibility index (Phi) is 7.80. The molecule has 0 unspecified atom stereocenters. The number of anilines is 1. The van der Waals surface area contributed by atoms with Gasteiger partial charge in [-0.2, -0.15) is 0 Å². The largest absolute Gasteiger partial charge is 0.480 e. The number of aliphatic carboxylic acids is 1. The van der Waals surface area contributed by atoms with E-state index in [4.69, 9.17) is 0 Å². The van der Waals surface area contributed by atoms with E-state index in [1.54, 1.807) is 36.0 Å². The first kappa shape index (κ1) is 27.5. The van der Waals surface area contributed by atoms with Crippen LogP contribution in [-0.4, -0.2) is 43.0 Å². The van der Waals surface area contributed by atoms with Gasteiger partial charge < -0.3 is 24.7 Å². The minimum atomic E-state index is -1.50. The number of pyridine rings is 2. The van der Waals surface area contributed by atoms with E-state index in [0.29, 0.717) is 22.5 Å². The van der Waals surface area contributed by atoms with Gasteiger partial charge in [0.15, 0.2) is 0 Å². The second kappa shape index (κ2) is 11.1. The number of carboxylic acids is 1. The molecule has 0 radical (unpaired) electrons. The van der Waals surface area contributed by atoms with Crippen LogP contribution in [0.2, 0.25) is 0 Å². The molecule has 0 aliphatic rings. The average molecular weight is 538 g/mol. The lowest BCUT2D eigenvalue weighted by atomic mass is 10.0. The zero-order valence-corrected chi connectivity index (χ0v) is 22.0. The molecule has 0 fully saturated rings. The smallest absolute Gasteiger partial charge is 0.326 e. The predicted octanol–water partition coefficient (Wildman–Crippen LogP) is 3.92. The van der Waals surface area contributed by atoms with Crippen LogP contribution in [0.3, 0.4) is 0 Å². The molecular weight excluding hydrogens is 508 g/mol. The van der Waals surface area contributed by atoms with E-state index in [1.807, 2.05) is 26.8 Å². The quantitative estimate of drug-likeness (QED) is 0.298. The highest BCUT2D eigenvalue weighted by Gasteiger charge is 2.27. The first-order valence-corrected chi connectivity index (χ1v) is 12.4. The maximum Gasteiger partial charge on any atom is 0.326 e. The van der Waals surface area contributed by atoms with Gasteiger partial charge in [-0.05, 0) is 56.2 Å². The fourth-order valence-electron chi connectivity index (χ4n) is 4.38. The number of carboxylic acid groups (broad SMARTS) is 1. The van der Waals surface area contributed by atoms with Gasteiger partial charge in [-0.1, -0.05) is 6.92 Å². The Bertz CT molecular complexity index is 1610. The third-order valence-corrected chi connectivity index (χ3v) is 6.69. The molecule has 39 heavy (non-hydrogen) atoms. The highest BCUT2D eigenvalue weighted by atomic mass is 19.1. The summed E-state index contributed by atoms with van der Waals surface area (Å²) in [6.07, 6.45) is 5.30. The van der Waals surface area contributed by atoms with Crippen LogP contribution in [0.15, 0.2) is 53.7 Å². The second-order valence-corrected chi connectivity index (χ2v) is 9.49. The normalized spacial score (nSPS) is 12.8. The third-order valence-electron chi connectivity index (χ3n) is 6.69. The Morgan fingerprint density at radius 1 is 1.13 bits per heavy atom. The van der Waals surface area contributed by atoms with Crippen molar-refractivity contribution in [2.45, 2.75) is 45.7 Å². The van der Waals surface area contributed by atoms with Crippen molar-refractivity contribution in [1.82, 2.24) is 19.3 Å². The summed E-state index contributed by atoms with van der Waals surface area (Å²) in [4.78, 5) is 42.1. The van der Waals surface area contributed by atoms with Gasteiger partial charge in [-0.15, -0.1) is 0 Å². The molecule has 1 amide bonds. The van der Waals surface area contributed by atoms with Crippen LogP contribution in [-0.2, 0) is 18.3 Å². The molecule has 9 nitrogen and oxygen atoms in total. The van der Waals surface area contributed by atoms with Gasteiger partial charge in [0.05, 0.1) is 5.56 Å². The molecule has 3 aromatic heterocycles. The van der Waals surface area contributed by atoms with Crippen molar-refractivity contribution in [2.75, 3.05) is 5.32 Å². The number of rotatable bonds is 9. The number of halogens is 2. The van der Waals surface area contributed by atoms with Crippen molar-refractivity contribution >= 4 is 23.2 Å². The number of fused-ring (bicyclic) bond motifs is 1. The molecule has 3 N–H and O–H groups in total. The number of nitrogens with one attached hydrogen (secondary N) is 2. The van der Waals surface area contributed by atoms with Crippen molar-refractivity contribution in [2.24, 2.45) is 7.05 Å². The SMILES string of the molecule is CC[C@H](C)Nc1cc(F)c(C(=O)N[C@@H](Cc2ccc(-c3c(C)ccn(C)c3=O)c3nccn23)C(=O)O)c(F)c1. The lowest BCUT2D eigenvalue weighted by molar-refractivity contribution is -0.139. The van der Waals surface area contributed by atoms with E-state index in [1.165, 1.54) is 10.8 Å². The number of benzene rings is 1. The summed E-state index contributed by atoms with van der Waals surface area (Å²) in [5.74, 6) is -4.79. The first-order valence-electron chi connectivity index (χ1n) is 12.4. The second-order valence-electron chi connectivity index (χ2n) is 9.49. The van der Waals surface area contributed by atoms with Crippen molar-refractivity contribution in [1.29, 1.82) is 0 Å². The van der Waals surface area contributed by atoms with E-state index in [-0.39, 0.29) is 23.7 Å². The van der Waals surface area contributed by atoms with Gasteiger partial charge in [0, 0.05) is 55.0 Å². The highest BCUT2D eigenvalue weighted by molar-refractivity contribution is 5.97. The van der Waals surface area contributed by atoms with Crippen LogP contribution in [0, 0.1) is 18.6 Å². The van der Waals surface area contributed by atoms with Gasteiger partial charge in [0.25, 0.3) is 11.5 Å². The topological polar surface area (TPSA) is 118 Å². The molecule has 204 valence electrons. The Labute approximate surface area is 223 Å². The summed E-state index contributed by atoms with van der Waals surface area (Å²) in [5.41, 5.74) is 1.76. The zero-order chi connectivity index (χ0) is 28.4. The average Bonchev–Trinajstić information content (AvgIpc) is 3.37. The highest BCUT2D eigenvalue weighted by Crippen LogP contribution is 2.26. The van der Waals surface area contributed by atoms with Crippen LogP contribution in [0.4, 0.5) is 14.5 Å². The van der Waals surface area contributed by atoms with Crippen LogP contribution >= 0.6 is 0 Å². The number of carbonyl (C=O) groups excluding carboxylic acids is 1. The van der Waals surface area contributed by atoms with Gasteiger partial charge in [0.2, 0.25) is 0 Å². The molecule has 11 heteroatoms. The van der Waals surface area contributed by atoms with E-state index < -0.39 is 35.1 Å². The Morgan fingerprint density at radius 3 is 2.46 bits per heavy atom. The van der Waals surface area contributed by atoms with E-state index in [9.17, 15) is 28.3 Å². The molecule has 4 aromatic rings. The van der Waals surface area contributed by atoms with Crippen LogP contribution < -0.4 is 16.2 Å². The standard InChI is InChI=1S/C28H29F2N5O4/c1-5-16(3)32-17-12-20(29)24(21(30)13-17)26(36)33-22(28(38)39)14-18-6-7-19(25-31-9-11-35(18)25)23-15(2)8-10-34(4)27(23)37/h6-13,16,22,32H,5,14H2,1-4H3,(H,33,36)(H,38,39)/t16-,22-/m0/s1. The Morgan fingerprint density at radius 2 is 1.82 bits per heavy atom. The first-order chi connectivity index (χ1) is 18.5. The molecule has 4 rings (SSSR count). The van der Waals surface area contributed by atoms with Crippen LogP contribution in [0.1, 0.15) is 41.9 Å². The minimum absolute atomic E-state index is 0.0416. The molecule has 0 saturated heterocycles. The minimum Gasteiger partial charge on any atom is -0.480 e. The fourth-order valence-corrected chi connectivity index (χ4v) is 4.38. The lowest BCUT2D eigenvalue weighted by Gasteiger charge is -2.18. The van der Waals surface area contributed by atoms with Gasteiger partial charge >= 0.3 is 5.97 Å². The molecule has 0 spiro atoms. The zero-order valence-electron chi connectivity index (χ0n) is 22.0. The molecule has 3 heterocycles. The number of amides is 1. The molecule has 2 atom stereocenters. The van der Waals surface area contributed by atoms with Gasteiger partial charge in [0.1, 0.15) is 28.9 Å². The van der Waals surface area contributed by atoms with Crippen molar-refractivity contribution in [3.63, 3.8) is 0 Å². The summed E-state index contributed by atoms with van der Waals surface area (Å²) >= 11 is 0. The van der Waals surface area contributed by atoms with Crippen LogP contribution in [0.25, 0.3) is 16.8 Å². The number of imidazole rings is 1. The fraction of sp³-hybridized carbons (Fsp3) is 0.286. The van der Waals surface area contributed by atoms with Gasteiger partial charge in [-0.3, -0.25) is 9.59 Å². The summed E-state index contributed by atoms with van der Waals surface area (Å²) in [6, 6.07) is 5.58.